The van der Waals surface area contributed by atoms with E-state index in [1.807, 2.05) is 4.90 Å². The predicted octanol–water partition coefficient (Wildman–Crippen LogP) is 1.86. The maximum atomic E-state index is 12.4. The zero-order chi connectivity index (χ0) is 15.1. The topological polar surface area (TPSA) is 63.4 Å². The molecule has 112 valence electrons. The third-order valence-electron chi connectivity index (χ3n) is 3.89. The van der Waals surface area contributed by atoms with Gasteiger partial charge in [0.25, 0.3) is 0 Å². The number of hydrogen-bond donors (Lipinski definition) is 1. The molecular weight excluding hydrogens is 286 g/mol. The highest BCUT2D eigenvalue weighted by Gasteiger charge is 2.42. The summed E-state index contributed by atoms with van der Waals surface area (Å²) < 4.78 is 47.4. The van der Waals surface area contributed by atoms with Crippen LogP contribution in [0.1, 0.15) is 13.8 Å². The second-order valence-corrected chi connectivity index (χ2v) is 7.46. The van der Waals surface area contributed by atoms with E-state index in [1.54, 1.807) is 0 Å². The minimum atomic E-state index is -4.52. The monoisotopic (exact) mass is 304 g/mol. The Kier molecular flexibility index (Phi) is 3.77. The van der Waals surface area contributed by atoms with Gasteiger partial charge in [-0.3, -0.25) is 0 Å². The van der Waals surface area contributed by atoms with Crippen LogP contribution in [0.3, 0.4) is 0 Å². The summed E-state index contributed by atoms with van der Waals surface area (Å²) in [5.74, 6) is -3.05. The summed E-state index contributed by atoms with van der Waals surface area (Å²) >= 11 is 0. The summed E-state index contributed by atoms with van der Waals surface area (Å²) in [4.78, 5) is 1.64. The van der Waals surface area contributed by atoms with Crippen molar-refractivity contribution in [1.82, 2.24) is 0 Å². The second kappa shape index (κ2) is 4.96. The molecule has 0 amide bonds. The SMILES string of the molecule is CC(C)C1(N)CN(c2ccc(S(=O)(=O)C(F)F)cc2)C1. The summed E-state index contributed by atoms with van der Waals surface area (Å²) in [6.45, 7) is 5.45. The van der Waals surface area contributed by atoms with Crippen LogP contribution in [0, 0.1) is 5.92 Å². The lowest BCUT2D eigenvalue weighted by Gasteiger charge is -2.51. The Morgan fingerprint density at radius 1 is 1.20 bits per heavy atom. The number of sulfone groups is 1. The van der Waals surface area contributed by atoms with Gasteiger partial charge in [0.15, 0.2) is 0 Å². The first-order chi connectivity index (χ1) is 9.17. The maximum Gasteiger partial charge on any atom is 0.341 e. The molecule has 0 unspecified atom stereocenters. The summed E-state index contributed by atoms with van der Waals surface area (Å²) in [5.41, 5.74) is 6.72. The van der Waals surface area contributed by atoms with Crippen LogP contribution in [-0.2, 0) is 9.84 Å². The van der Waals surface area contributed by atoms with Crippen LogP contribution < -0.4 is 10.6 Å². The van der Waals surface area contributed by atoms with E-state index >= 15 is 0 Å². The summed E-state index contributed by atoms with van der Waals surface area (Å²) in [6.07, 6.45) is 0. The van der Waals surface area contributed by atoms with Crippen LogP contribution in [0.5, 0.6) is 0 Å². The predicted molar refractivity (Wildman–Crippen MR) is 73.6 cm³/mol. The number of hydrogen-bond acceptors (Lipinski definition) is 4. The number of nitrogens with two attached hydrogens (primary N) is 1. The first-order valence-electron chi connectivity index (χ1n) is 6.33. The first-order valence-corrected chi connectivity index (χ1v) is 7.87. The molecule has 1 saturated heterocycles. The van der Waals surface area contributed by atoms with E-state index in [0.717, 1.165) is 5.69 Å². The van der Waals surface area contributed by atoms with Crippen molar-refractivity contribution in [2.24, 2.45) is 11.7 Å². The van der Waals surface area contributed by atoms with Crippen molar-refractivity contribution in [1.29, 1.82) is 0 Å². The van der Waals surface area contributed by atoms with Crippen molar-refractivity contribution in [3.05, 3.63) is 24.3 Å². The minimum absolute atomic E-state index is 0.242. The van der Waals surface area contributed by atoms with E-state index in [4.69, 9.17) is 5.73 Å². The molecule has 2 rings (SSSR count). The molecular formula is C13H18F2N2O2S. The van der Waals surface area contributed by atoms with Gasteiger partial charge in [0, 0.05) is 18.8 Å². The Bertz CT molecular complexity index is 579. The number of alkyl halides is 2. The van der Waals surface area contributed by atoms with Crippen molar-refractivity contribution in [3.63, 3.8) is 0 Å². The smallest absolute Gasteiger partial charge is 0.341 e. The van der Waals surface area contributed by atoms with Crippen LogP contribution in [-0.4, -0.2) is 32.8 Å². The molecule has 1 aromatic carbocycles. The van der Waals surface area contributed by atoms with Gasteiger partial charge in [-0.15, -0.1) is 0 Å². The van der Waals surface area contributed by atoms with Gasteiger partial charge in [0.1, 0.15) is 0 Å². The van der Waals surface area contributed by atoms with Gasteiger partial charge in [-0.2, -0.15) is 8.78 Å². The number of rotatable bonds is 4. The normalized spacial score (nSPS) is 18.4. The Balaban J connectivity index is 2.12. The quantitative estimate of drug-likeness (QED) is 0.922. The average Bonchev–Trinajstić information content (AvgIpc) is 2.34. The van der Waals surface area contributed by atoms with E-state index in [-0.39, 0.29) is 10.4 Å². The highest BCUT2D eigenvalue weighted by molar-refractivity contribution is 7.91. The van der Waals surface area contributed by atoms with Crippen LogP contribution >= 0.6 is 0 Å². The molecule has 1 heterocycles. The highest BCUT2D eigenvalue weighted by Crippen LogP contribution is 2.31. The number of halogens is 2. The van der Waals surface area contributed by atoms with Gasteiger partial charge < -0.3 is 10.6 Å². The fraction of sp³-hybridized carbons (Fsp3) is 0.538. The Hall–Kier alpha value is -1.21. The van der Waals surface area contributed by atoms with Gasteiger partial charge in [-0.05, 0) is 30.2 Å². The lowest BCUT2D eigenvalue weighted by Crippen LogP contribution is -2.70. The number of benzene rings is 1. The molecule has 0 aromatic heterocycles. The molecule has 0 saturated carbocycles. The third kappa shape index (κ3) is 2.52. The van der Waals surface area contributed by atoms with Crippen LogP contribution in [0.15, 0.2) is 29.2 Å². The lowest BCUT2D eigenvalue weighted by molar-refractivity contribution is 0.234. The zero-order valence-electron chi connectivity index (χ0n) is 11.4. The number of nitrogens with zero attached hydrogens (tertiary/aromatic N) is 1. The van der Waals surface area contributed by atoms with Gasteiger partial charge >= 0.3 is 5.76 Å². The number of anilines is 1. The van der Waals surface area contributed by atoms with E-state index < -0.39 is 15.6 Å². The fourth-order valence-electron chi connectivity index (χ4n) is 2.16. The van der Waals surface area contributed by atoms with E-state index in [2.05, 4.69) is 13.8 Å². The largest absolute Gasteiger partial charge is 0.368 e. The Labute approximate surface area is 117 Å². The highest BCUT2D eigenvalue weighted by atomic mass is 32.2. The summed E-state index contributed by atoms with van der Waals surface area (Å²) in [6, 6.07) is 5.50. The Morgan fingerprint density at radius 2 is 1.70 bits per heavy atom. The van der Waals surface area contributed by atoms with Crippen molar-refractivity contribution < 1.29 is 17.2 Å². The fourth-order valence-corrected chi connectivity index (χ4v) is 2.88. The van der Waals surface area contributed by atoms with Crippen LogP contribution in [0.2, 0.25) is 0 Å². The van der Waals surface area contributed by atoms with E-state index in [1.165, 1.54) is 24.3 Å². The van der Waals surface area contributed by atoms with Gasteiger partial charge in [-0.1, -0.05) is 13.8 Å². The molecule has 2 N–H and O–H groups in total. The molecule has 1 aliphatic heterocycles. The Morgan fingerprint density at radius 3 is 2.10 bits per heavy atom. The molecule has 7 heteroatoms. The first kappa shape index (κ1) is 15.2. The summed E-state index contributed by atoms with van der Waals surface area (Å²) in [7, 11) is -4.52. The minimum Gasteiger partial charge on any atom is -0.368 e. The van der Waals surface area contributed by atoms with E-state index in [9.17, 15) is 17.2 Å². The summed E-state index contributed by atoms with van der Waals surface area (Å²) in [5, 5.41) is 0. The van der Waals surface area contributed by atoms with Crippen molar-refractivity contribution >= 4 is 15.5 Å². The zero-order valence-corrected chi connectivity index (χ0v) is 12.2. The van der Waals surface area contributed by atoms with Gasteiger partial charge in [-0.25, -0.2) is 8.42 Å². The molecule has 1 aromatic rings. The van der Waals surface area contributed by atoms with Crippen molar-refractivity contribution in [2.75, 3.05) is 18.0 Å². The molecule has 4 nitrogen and oxygen atoms in total. The molecule has 1 fully saturated rings. The van der Waals surface area contributed by atoms with E-state index in [0.29, 0.717) is 19.0 Å². The van der Waals surface area contributed by atoms with Gasteiger partial charge in [0.05, 0.1) is 10.4 Å². The van der Waals surface area contributed by atoms with Crippen molar-refractivity contribution in [3.8, 4) is 0 Å². The third-order valence-corrected chi connectivity index (χ3v) is 5.28. The van der Waals surface area contributed by atoms with Crippen LogP contribution in [0.25, 0.3) is 0 Å². The standard InChI is InChI=1S/C13H18F2N2O2S/c1-9(2)13(16)7-17(8-13)10-3-5-11(6-4-10)20(18,19)12(14)15/h3-6,9,12H,7-8,16H2,1-2H3. The molecule has 0 aliphatic carbocycles. The molecule has 0 atom stereocenters. The molecule has 20 heavy (non-hydrogen) atoms. The lowest BCUT2D eigenvalue weighted by atomic mass is 9.80. The van der Waals surface area contributed by atoms with Crippen LogP contribution in [0.4, 0.5) is 14.5 Å². The second-order valence-electron chi connectivity index (χ2n) is 5.54. The maximum absolute atomic E-state index is 12.4. The molecule has 0 radical (unpaired) electrons. The molecule has 1 aliphatic rings. The average molecular weight is 304 g/mol. The van der Waals surface area contributed by atoms with Crippen molar-refractivity contribution in [2.45, 2.75) is 30.0 Å². The molecule has 0 spiro atoms. The molecule has 0 bridgehead atoms. The van der Waals surface area contributed by atoms with Gasteiger partial charge in [0.2, 0.25) is 9.84 Å².